The average Bonchev–Trinajstić information content (AvgIpc) is 2.63. The molecule has 0 unspecified atom stereocenters. The molecule has 0 radical (unpaired) electrons. The predicted molar refractivity (Wildman–Crippen MR) is 91.6 cm³/mol. The van der Waals surface area contributed by atoms with Gasteiger partial charge in [-0.15, -0.1) is 0 Å². The van der Waals surface area contributed by atoms with Crippen molar-refractivity contribution in [2.45, 2.75) is 31.8 Å². The summed E-state index contributed by atoms with van der Waals surface area (Å²) in [5.41, 5.74) is 0.843. The molecule has 7 nitrogen and oxygen atoms in total. The van der Waals surface area contributed by atoms with Crippen molar-refractivity contribution in [3.8, 4) is 0 Å². The van der Waals surface area contributed by atoms with Crippen LogP contribution in [0.5, 0.6) is 0 Å². The molecule has 0 bridgehead atoms. The molecule has 3 rings (SSSR count). The lowest BCUT2D eigenvalue weighted by atomic mass is 10.1. The summed E-state index contributed by atoms with van der Waals surface area (Å²) in [4.78, 5) is 27.2. The molecule has 1 aliphatic heterocycles. The third-order valence-corrected chi connectivity index (χ3v) is 4.07. The summed E-state index contributed by atoms with van der Waals surface area (Å²) < 4.78 is 0. The summed E-state index contributed by atoms with van der Waals surface area (Å²) in [7, 11) is 0. The maximum absolute atomic E-state index is 12.2. The third kappa shape index (κ3) is 4.18. The summed E-state index contributed by atoms with van der Waals surface area (Å²) in [6, 6.07) is 7.25. The van der Waals surface area contributed by atoms with E-state index in [4.69, 9.17) is 0 Å². The molecule has 2 atom stereocenters. The number of hydrogen-bond donors (Lipinski definition) is 2. The molecule has 1 fully saturated rings. The summed E-state index contributed by atoms with van der Waals surface area (Å²) in [5.74, 6) is 0.714. The number of piperidine rings is 1. The standard InChI is InChI=1S/C17H22N6O/c1-13(15-7-2-3-8-18-15)21-17(24)22-14-6-4-11-23(12-14)16-19-9-5-10-20-16/h2-3,5,7-10,13-14H,4,6,11-12H2,1H3,(H2,21,22,24)/t13-,14+/m1/s1. The zero-order valence-corrected chi connectivity index (χ0v) is 13.7. The van der Waals surface area contributed by atoms with E-state index in [2.05, 4.69) is 30.5 Å². The van der Waals surface area contributed by atoms with Gasteiger partial charge in [-0.1, -0.05) is 6.07 Å². The van der Waals surface area contributed by atoms with Gasteiger partial charge < -0.3 is 15.5 Å². The Morgan fingerprint density at radius 2 is 2.00 bits per heavy atom. The second kappa shape index (κ2) is 7.72. The zero-order chi connectivity index (χ0) is 16.8. The molecule has 0 aliphatic carbocycles. The van der Waals surface area contributed by atoms with Crippen molar-refractivity contribution in [3.05, 3.63) is 48.5 Å². The maximum Gasteiger partial charge on any atom is 0.315 e. The van der Waals surface area contributed by atoms with Gasteiger partial charge in [-0.05, 0) is 38.0 Å². The van der Waals surface area contributed by atoms with E-state index >= 15 is 0 Å². The highest BCUT2D eigenvalue weighted by Gasteiger charge is 2.23. The van der Waals surface area contributed by atoms with E-state index in [9.17, 15) is 4.79 Å². The van der Waals surface area contributed by atoms with E-state index in [0.29, 0.717) is 5.95 Å². The Labute approximate surface area is 141 Å². The van der Waals surface area contributed by atoms with Crippen LogP contribution in [0.15, 0.2) is 42.9 Å². The van der Waals surface area contributed by atoms with Crippen molar-refractivity contribution < 1.29 is 4.79 Å². The molecule has 1 aliphatic rings. The summed E-state index contributed by atoms with van der Waals surface area (Å²) in [6.07, 6.45) is 7.15. The van der Waals surface area contributed by atoms with Gasteiger partial charge >= 0.3 is 6.03 Å². The molecular weight excluding hydrogens is 304 g/mol. The number of carbonyl (C=O) groups is 1. The zero-order valence-electron chi connectivity index (χ0n) is 13.7. The highest BCUT2D eigenvalue weighted by atomic mass is 16.2. The van der Waals surface area contributed by atoms with Crippen molar-refractivity contribution in [3.63, 3.8) is 0 Å². The Balaban J connectivity index is 1.53. The van der Waals surface area contributed by atoms with Crippen LogP contribution in [0.3, 0.4) is 0 Å². The fourth-order valence-corrected chi connectivity index (χ4v) is 2.86. The first-order valence-electron chi connectivity index (χ1n) is 8.22. The largest absolute Gasteiger partial charge is 0.339 e. The molecule has 0 saturated carbocycles. The number of carbonyl (C=O) groups excluding carboxylic acids is 1. The quantitative estimate of drug-likeness (QED) is 0.896. The number of pyridine rings is 1. The lowest BCUT2D eigenvalue weighted by Gasteiger charge is -2.33. The average molecular weight is 326 g/mol. The number of urea groups is 1. The summed E-state index contributed by atoms with van der Waals surface area (Å²) >= 11 is 0. The van der Waals surface area contributed by atoms with E-state index in [1.54, 1.807) is 24.7 Å². The van der Waals surface area contributed by atoms with Crippen molar-refractivity contribution in [1.29, 1.82) is 0 Å². The van der Waals surface area contributed by atoms with Gasteiger partial charge in [0.2, 0.25) is 5.95 Å². The van der Waals surface area contributed by atoms with Gasteiger partial charge in [0.15, 0.2) is 0 Å². The Morgan fingerprint density at radius 1 is 1.21 bits per heavy atom. The van der Waals surface area contributed by atoms with E-state index in [1.165, 1.54) is 0 Å². The van der Waals surface area contributed by atoms with Gasteiger partial charge in [-0.3, -0.25) is 4.98 Å². The van der Waals surface area contributed by atoms with Crippen LogP contribution in [0, 0.1) is 0 Å². The van der Waals surface area contributed by atoms with E-state index in [0.717, 1.165) is 31.6 Å². The molecule has 7 heteroatoms. The second-order valence-electron chi connectivity index (χ2n) is 5.93. The topological polar surface area (TPSA) is 83.0 Å². The minimum absolute atomic E-state index is 0.0819. The Morgan fingerprint density at radius 3 is 2.75 bits per heavy atom. The predicted octanol–water partition coefficient (Wildman–Crippen LogP) is 1.90. The third-order valence-electron chi connectivity index (χ3n) is 4.07. The molecule has 0 aromatic carbocycles. The smallest absolute Gasteiger partial charge is 0.315 e. The first-order chi connectivity index (χ1) is 11.7. The molecule has 0 spiro atoms. The molecule has 2 aromatic rings. The van der Waals surface area contributed by atoms with Gasteiger partial charge in [0.05, 0.1) is 11.7 Å². The van der Waals surface area contributed by atoms with Crippen LogP contribution >= 0.6 is 0 Å². The number of nitrogens with one attached hydrogen (secondary N) is 2. The van der Waals surface area contributed by atoms with Crippen LogP contribution in [0.4, 0.5) is 10.7 Å². The van der Waals surface area contributed by atoms with Gasteiger partial charge in [0, 0.05) is 37.7 Å². The van der Waals surface area contributed by atoms with Crippen molar-refractivity contribution >= 4 is 12.0 Å². The number of anilines is 1. The van der Waals surface area contributed by atoms with Gasteiger partial charge in [-0.2, -0.15) is 0 Å². The van der Waals surface area contributed by atoms with Crippen molar-refractivity contribution in [2.75, 3.05) is 18.0 Å². The van der Waals surface area contributed by atoms with E-state index in [-0.39, 0.29) is 18.1 Å². The number of amides is 2. The highest BCUT2D eigenvalue weighted by Crippen LogP contribution is 2.15. The van der Waals surface area contributed by atoms with Crippen LogP contribution < -0.4 is 15.5 Å². The molecule has 1 saturated heterocycles. The molecule has 3 heterocycles. The monoisotopic (exact) mass is 326 g/mol. The Bertz CT molecular complexity index is 651. The highest BCUT2D eigenvalue weighted by molar-refractivity contribution is 5.74. The fraction of sp³-hybridized carbons (Fsp3) is 0.412. The van der Waals surface area contributed by atoms with Crippen LogP contribution in [0.2, 0.25) is 0 Å². The summed E-state index contributed by atoms with van der Waals surface area (Å²) in [6.45, 7) is 3.55. The van der Waals surface area contributed by atoms with Gasteiger partial charge in [0.1, 0.15) is 0 Å². The SMILES string of the molecule is C[C@@H](NC(=O)N[C@H]1CCCN(c2ncccn2)C1)c1ccccn1. The Hall–Kier alpha value is -2.70. The lowest BCUT2D eigenvalue weighted by molar-refractivity contribution is 0.231. The first kappa shape index (κ1) is 16.2. The maximum atomic E-state index is 12.2. The van der Waals surface area contributed by atoms with Crippen LogP contribution in [-0.2, 0) is 0 Å². The number of aromatic nitrogens is 3. The molecule has 126 valence electrons. The van der Waals surface area contributed by atoms with Crippen molar-refractivity contribution in [2.24, 2.45) is 0 Å². The van der Waals surface area contributed by atoms with E-state index < -0.39 is 0 Å². The van der Waals surface area contributed by atoms with Crippen molar-refractivity contribution in [1.82, 2.24) is 25.6 Å². The number of nitrogens with zero attached hydrogens (tertiary/aromatic N) is 4. The Kier molecular flexibility index (Phi) is 5.20. The number of hydrogen-bond acceptors (Lipinski definition) is 5. The van der Waals surface area contributed by atoms with Crippen LogP contribution in [0.25, 0.3) is 0 Å². The molecule has 24 heavy (non-hydrogen) atoms. The lowest BCUT2D eigenvalue weighted by Crippen LogP contribution is -2.51. The van der Waals surface area contributed by atoms with Crippen LogP contribution in [-0.4, -0.2) is 40.1 Å². The number of rotatable bonds is 4. The van der Waals surface area contributed by atoms with E-state index in [1.807, 2.05) is 25.1 Å². The molecule has 2 aromatic heterocycles. The molecular formula is C17H22N6O. The molecule has 2 N–H and O–H groups in total. The summed E-state index contributed by atoms with van der Waals surface area (Å²) in [5, 5.41) is 5.98. The second-order valence-corrected chi connectivity index (χ2v) is 5.93. The van der Waals surface area contributed by atoms with Crippen LogP contribution in [0.1, 0.15) is 31.5 Å². The first-order valence-corrected chi connectivity index (χ1v) is 8.22. The van der Waals surface area contributed by atoms with Gasteiger partial charge in [0.25, 0.3) is 0 Å². The normalized spacial score (nSPS) is 18.7. The molecule has 2 amide bonds. The minimum atomic E-state index is -0.172. The van der Waals surface area contributed by atoms with Gasteiger partial charge in [-0.25, -0.2) is 14.8 Å². The fourth-order valence-electron chi connectivity index (χ4n) is 2.86. The minimum Gasteiger partial charge on any atom is -0.339 e.